The Kier molecular flexibility index (Phi) is 6.55. The molecule has 164 valence electrons. The molecule has 2 aliphatic rings. The van der Waals surface area contributed by atoms with E-state index < -0.39 is 24.2 Å². The minimum absolute atomic E-state index is 0.0562. The summed E-state index contributed by atoms with van der Waals surface area (Å²) in [5.74, 6) is -3.39. The number of carbonyl (C=O) groups excluding carboxylic acids is 2. The average molecular weight is 426 g/mol. The number of likely N-dealkylation sites (N-methyl/N-ethyl adjacent to an activating group) is 1. The lowest BCUT2D eigenvalue weighted by molar-refractivity contribution is -0.902. The van der Waals surface area contributed by atoms with Crippen LogP contribution >= 0.6 is 0 Å². The number of allylic oxidation sites excluding steroid dienone is 2. The lowest BCUT2D eigenvalue weighted by Crippen LogP contribution is -2.46. The maximum absolute atomic E-state index is 12.9. The van der Waals surface area contributed by atoms with Crippen molar-refractivity contribution in [2.75, 3.05) is 27.2 Å². The molecule has 8 heteroatoms. The molecular weight excluding hydrogens is 399 g/mol. The van der Waals surface area contributed by atoms with Crippen LogP contribution in [0.5, 0.6) is 0 Å². The van der Waals surface area contributed by atoms with E-state index in [9.17, 15) is 22.8 Å². The number of quaternary nitrogens is 1. The van der Waals surface area contributed by atoms with Gasteiger partial charge < -0.3 is 14.0 Å². The molecule has 0 aromatic heterocycles. The first kappa shape index (κ1) is 22.3. The number of benzene rings is 1. The Morgan fingerprint density at radius 3 is 2.53 bits per heavy atom. The molecule has 1 aromatic carbocycles. The molecule has 1 heterocycles. The van der Waals surface area contributed by atoms with Crippen LogP contribution in [0.2, 0.25) is 0 Å². The maximum Gasteiger partial charge on any atom is 0.490 e. The molecule has 0 bridgehead atoms. The molecule has 0 spiro atoms. The molecule has 2 atom stereocenters. The summed E-state index contributed by atoms with van der Waals surface area (Å²) < 4.78 is 49.4. The molecular formula is C22H27F3NO4+. The second-order valence-electron chi connectivity index (χ2n) is 8.42. The second kappa shape index (κ2) is 8.79. The molecule has 0 N–H and O–H groups in total. The van der Waals surface area contributed by atoms with Crippen molar-refractivity contribution in [1.29, 1.82) is 0 Å². The molecule has 1 unspecified atom stereocenters. The Morgan fingerprint density at radius 2 is 1.93 bits per heavy atom. The zero-order chi connectivity index (χ0) is 21.9. The highest BCUT2D eigenvalue weighted by molar-refractivity contribution is 5.85. The van der Waals surface area contributed by atoms with E-state index in [1.54, 1.807) is 18.2 Å². The van der Waals surface area contributed by atoms with E-state index in [-0.39, 0.29) is 18.2 Å². The summed E-state index contributed by atoms with van der Waals surface area (Å²) in [6.07, 6.45) is -0.606. The van der Waals surface area contributed by atoms with Gasteiger partial charge in [-0.2, -0.15) is 13.2 Å². The molecule has 30 heavy (non-hydrogen) atoms. The fourth-order valence-electron chi connectivity index (χ4n) is 4.15. The van der Waals surface area contributed by atoms with Crippen LogP contribution < -0.4 is 0 Å². The van der Waals surface area contributed by atoms with Crippen molar-refractivity contribution in [2.45, 2.75) is 50.4 Å². The first-order valence-corrected chi connectivity index (χ1v) is 10.1. The Balaban J connectivity index is 1.86. The van der Waals surface area contributed by atoms with Crippen molar-refractivity contribution < 1.29 is 36.7 Å². The fraction of sp³-hybridized carbons (Fsp3) is 0.545. The molecule has 3 rings (SSSR count). The SMILES string of the molecule is C[N+]1(C)CCC[C@H]1COC(=O)C(OC(=O)C(F)(F)F)c1ccccc1C1=CCCC1. The van der Waals surface area contributed by atoms with Crippen LogP contribution in [0.4, 0.5) is 13.2 Å². The smallest absolute Gasteiger partial charge is 0.456 e. The topological polar surface area (TPSA) is 52.6 Å². The zero-order valence-electron chi connectivity index (χ0n) is 17.2. The van der Waals surface area contributed by atoms with Gasteiger partial charge in [-0.05, 0) is 30.4 Å². The van der Waals surface area contributed by atoms with E-state index in [1.807, 2.05) is 20.2 Å². The fourth-order valence-corrected chi connectivity index (χ4v) is 4.15. The summed E-state index contributed by atoms with van der Waals surface area (Å²) in [7, 11) is 4.04. The molecule has 1 aromatic rings. The molecule has 0 saturated carbocycles. The molecule has 1 saturated heterocycles. The van der Waals surface area contributed by atoms with E-state index in [4.69, 9.17) is 4.74 Å². The van der Waals surface area contributed by atoms with Gasteiger partial charge >= 0.3 is 18.1 Å². The van der Waals surface area contributed by atoms with Gasteiger partial charge in [0.2, 0.25) is 6.10 Å². The van der Waals surface area contributed by atoms with Crippen molar-refractivity contribution in [3.8, 4) is 0 Å². The number of hydrogen-bond acceptors (Lipinski definition) is 4. The third kappa shape index (κ3) is 5.03. The Bertz CT molecular complexity index is 832. The average Bonchev–Trinajstić information content (AvgIpc) is 3.32. The van der Waals surface area contributed by atoms with Gasteiger partial charge in [-0.25, -0.2) is 9.59 Å². The van der Waals surface area contributed by atoms with Crippen molar-refractivity contribution in [1.82, 2.24) is 0 Å². The highest BCUT2D eigenvalue weighted by atomic mass is 19.4. The Morgan fingerprint density at radius 1 is 1.20 bits per heavy atom. The lowest BCUT2D eigenvalue weighted by Gasteiger charge is -2.31. The van der Waals surface area contributed by atoms with Crippen LogP contribution in [0.1, 0.15) is 49.3 Å². The molecule has 0 amide bonds. The van der Waals surface area contributed by atoms with Crippen LogP contribution in [0, 0.1) is 0 Å². The number of carbonyl (C=O) groups is 2. The van der Waals surface area contributed by atoms with Crippen LogP contribution in [-0.4, -0.2) is 55.9 Å². The Hall–Kier alpha value is -2.35. The van der Waals surface area contributed by atoms with Gasteiger partial charge in [-0.3, -0.25) is 0 Å². The minimum Gasteiger partial charge on any atom is -0.456 e. The standard InChI is InChI=1S/C22H27F3NO4/c1-26(2)13-7-10-16(26)14-29-20(27)19(30-21(28)22(23,24)25)18-12-6-5-11-17(18)15-8-3-4-9-15/h5-6,8,11-12,16,19H,3-4,7,9-10,13-14H2,1-2H3/q+1/t16-,19?/m0/s1. The minimum atomic E-state index is -5.20. The molecule has 1 fully saturated rings. The molecule has 1 aliphatic heterocycles. The van der Waals surface area contributed by atoms with Gasteiger partial charge in [0.05, 0.1) is 20.6 Å². The van der Waals surface area contributed by atoms with Gasteiger partial charge in [0, 0.05) is 18.4 Å². The second-order valence-corrected chi connectivity index (χ2v) is 8.42. The van der Waals surface area contributed by atoms with Crippen LogP contribution in [-0.2, 0) is 19.1 Å². The summed E-state index contributed by atoms with van der Waals surface area (Å²) in [5, 5.41) is 0. The van der Waals surface area contributed by atoms with E-state index >= 15 is 0 Å². The first-order chi connectivity index (χ1) is 14.1. The van der Waals surface area contributed by atoms with Crippen molar-refractivity contribution >= 4 is 17.5 Å². The number of likely N-dealkylation sites (tertiary alicyclic amines) is 1. The van der Waals surface area contributed by atoms with E-state index in [0.29, 0.717) is 10.0 Å². The van der Waals surface area contributed by atoms with Gasteiger partial charge in [-0.1, -0.05) is 30.3 Å². The third-order valence-electron chi connectivity index (χ3n) is 5.98. The van der Waals surface area contributed by atoms with Crippen molar-refractivity contribution in [3.05, 3.63) is 41.5 Å². The number of ether oxygens (including phenoxy) is 2. The molecule has 5 nitrogen and oxygen atoms in total. The van der Waals surface area contributed by atoms with E-state index in [0.717, 1.165) is 44.2 Å². The number of hydrogen-bond donors (Lipinski definition) is 0. The summed E-state index contributed by atoms with van der Waals surface area (Å²) in [5.41, 5.74) is 1.76. The largest absolute Gasteiger partial charge is 0.490 e. The van der Waals surface area contributed by atoms with Gasteiger partial charge in [0.25, 0.3) is 0 Å². The number of alkyl halides is 3. The van der Waals surface area contributed by atoms with Crippen LogP contribution in [0.25, 0.3) is 5.57 Å². The number of esters is 2. The number of nitrogens with zero attached hydrogens (tertiary/aromatic N) is 1. The van der Waals surface area contributed by atoms with Gasteiger partial charge in [0.1, 0.15) is 12.6 Å². The predicted molar refractivity (Wildman–Crippen MR) is 104 cm³/mol. The highest BCUT2D eigenvalue weighted by Gasteiger charge is 2.45. The number of halogens is 3. The zero-order valence-corrected chi connectivity index (χ0v) is 17.2. The van der Waals surface area contributed by atoms with Crippen molar-refractivity contribution in [2.24, 2.45) is 0 Å². The van der Waals surface area contributed by atoms with Gasteiger partial charge in [0.15, 0.2) is 0 Å². The third-order valence-corrected chi connectivity index (χ3v) is 5.98. The summed E-state index contributed by atoms with van der Waals surface area (Å²) in [4.78, 5) is 24.4. The summed E-state index contributed by atoms with van der Waals surface area (Å²) in [6.45, 7) is 1.00. The maximum atomic E-state index is 12.9. The van der Waals surface area contributed by atoms with E-state index in [1.165, 1.54) is 6.07 Å². The predicted octanol–water partition coefficient (Wildman–Crippen LogP) is 4.18. The normalized spacial score (nSPS) is 21.8. The van der Waals surface area contributed by atoms with Crippen LogP contribution in [0.3, 0.4) is 0 Å². The highest BCUT2D eigenvalue weighted by Crippen LogP contribution is 2.35. The number of rotatable bonds is 6. The first-order valence-electron chi connectivity index (χ1n) is 10.1. The van der Waals surface area contributed by atoms with Crippen molar-refractivity contribution in [3.63, 3.8) is 0 Å². The van der Waals surface area contributed by atoms with Gasteiger partial charge in [-0.15, -0.1) is 0 Å². The lowest BCUT2D eigenvalue weighted by atomic mass is 9.95. The monoisotopic (exact) mass is 426 g/mol. The molecule has 0 radical (unpaired) electrons. The Labute approximate surface area is 174 Å². The quantitative estimate of drug-likeness (QED) is 0.506. The molecule has 1 aliphatic carbocycles. The van der Waals surface area contributed by atoms with Crippen LogP contribution in [0.15, 0.2) is 30.3 Å². The summed E-state index contributed by atoms with van der Waals surface area (Å²) >= 11 is 0. The summed E-state index contributed by atoms with van der Waals surface area (Å²) in [6, 6.07) is 6.64. The van der Waals surface area contributed by atoms with E-state index in [2.05, 4.69) is 4.74 Å².